The summed E-state index contributed by atoms with van der Waals surface area (Å²) in [7, 11) is -3.58. The van der Waals surface area contributed by atoms with Gasteiger partial charge in [-0.3, -0.25) is 0 Å². The summed E-state index contributed by atoms with van der Waals surface area (Å²) in [5.41, 5.74) is 3.34. The Hall–Kier alpha value is -2.44. The van der Waals surface area contributed by atoms with Crippen LogP contribution in [0.25, 0.3) is 11.3 Å². The van der Waals surface area contributed by atoms with Crippen LogP contribution < -0.4 is 4.72 Å². The van der Waals surface area contributed by atoms with E-state index in [1.165, 1.54) is 5.56 Å². The molecule has 136 valence electrons. The molecule has 5 nitrogen and oxygen atoms in total. The van der Waals surface area contributed by atoms with Crippen molar-refractivity contribution in [3.63, 3.8) is 0 Å². The Morgan fingerprint density at radius 3 is 2.50 bits per heavy atom. The van der Waals surface area contributed by atoms with E-state index in [1.54, 1.807) is 25.1 Å². The first-order valence-corrected chi connectivity index (χ1v) is 10.0. The van der Waals surface area contributed by atoms with Crippen molar-refractivity contribution in [3.05, 3.63) is 71.4 Å². The lowest BCUT2D eigenvalue weighted by Gasteiger charge is -2.10. The van der Waals surface area contributed by atoms with E-state index in [9.17, 15) is 8.42 Å². The first-order chi connectivity index (χ1) is 12.5. The molecule has 3 aromatic rings. The minimum absolute atomic E-state index is 0.267. The summed E-state index contributed by atoms with van der Waals surface area (Å²) in [6.07, 6.45) is 1.57. The fourth-order valence-electron chi connectivity index (χ4n) is 2.76. The van der Waals surface area contributed by atoms with Gasteiger partial charge in [-0.2, -0.15) is 0 Å². The number of nitrogens with zero attached hydrogens (tertiary/aromatic N) is 1. The molecule has 0 unspecified atom stereocenters. The highest BCUT2D eigenvalue weighted by atomic mass is 32.2. The highest BCUT2D eigenvalue weighted by Crippen LogP contribution is 2.25. The third-order valence-corrected chi connectivity index (χ3v) is 5.77. The Labute approximate surface area is 154 Å². The molecule has 0 saturated heterocycles. The van der Waals surface area contributed by atoms with Gasteiger partial charge in [0.25, 0.3) is 0 Å². The summed E-state index contributed by atoms with van der Waals surface area (Å²) in [5.74, 6) is 0.558. The van der Waals surface area contributed by atoms with Gasteiger partial charge in [-0.25, -0.2) is 13.1 Å². The third-order valence-electron chi connectivity index (χ3n) is 4.17. The Morgan fingerprint density at radius 1 is 1.04 bits per heavy atom. The molecular weight excluding hydrogens is 348 g/mol. The molecule has 2 aromatic carbocycles. The van der Waals surface area contributed by atoms with Gasteiger partial charge in [0.15, 0.2) is 5.76 Å². The highest BCUT2D eigenvalue weighted by molar-refractivity contribution is 7.89. The molecule has 0 atom stereocenters. The second-order valence-corrected chi connectivity index (χ2v) is 8.04. The Bertz CT molecular complexity index is 979. The van der Waals surface area contributed by atoms with E-state index >= 15 is 0 Å². The van der Waals surface area contributed by atoms with Crippen molar-refractivity contribution in [1.82, 2.24) is 9.88 Å². The minimum Gasteiger partial charge on any atom is -0.356 e. The molecule has 0 spiro atoms. The molecule has 1 heterocycles. The second kappa shape index (κ2) is 7.85. The average Bonchev–Trinajstić information content (AvgIpc) is 3.06. The van der Waals surface area contributed by atoms with Crippen molar-refractivity contribution >= 4 is 10.0 Å². The fraction of sp³-hybridized carbons (Fsp3) is 0.250. The largest absolute Gasteiger partial charge is 0.356 e. The van der Waals surface area contributed by atoms with E-state index in [1.807, 2.05) is 43.3 Å². The molecule has 0 fully saturated rings. The standard InChI is InChI=1S/C20H22N2O3S/c1-15-10-11-18(19-13-16(2)22-25-19)14-20(15)26(23,24)21-12-6-9-17-7-4-3-5-8-17/h3-5,7-8,10-11,13-14,21H,6,9,12H2,1-2H3. The smallest absolute Gasteiger partial charge is 0.240 e. The maximum Gasteiger partial charge on any atom is 0.240 e. The molecule has 0 aliphatic heterocycles. The molecule has 0 amide bonds. The highest BCUT2D eigenvalue weighted by Gasteiger charge is 2.18. The Kier molecular flexibility index (Phi) is 5.54. The number of aryl methyl sites for hydroxylation is 3. The van der Waals surface area contributed by atoms with E-state index in [2.05, 4.69) is 9.88 Å². The molecular formula is C20H22N2O3S. The van der Waals surface area contributed by atoms with Crippen LogP contribution in [0.4, 0.5) is 0 Å². The molecule has 1 N–H and O–H groups in total. The normalized spacial score (nSPS) is 11.6. The minimum atomic E-state index is -3.58. The van der Waals surface area contributed by atoms with Crippen LogP contribution in [0, 0.1) is 13.8 Å². The van der Waals surface area contributed by atoms with Crippen LogP contribution in [0.15, 0.2) is 64.0 Å². The summed E-state index contributed by atoms with van der Waals surface area (Å²) in [5, 5.41) is 3.86. The number of nitrogens with one attached hydrogen (secondary N) is 1. The van der Waals surface area contributed by atoms with Gasteiger partial charge in [-0.05, 0) is 43.9 Å². The molecule has 0 bridgehead atoms. The quantitative estimate of drug-likeness (QED) is 0.641. The van der Waals surface area contributed by atoms with Crippen molar-refractivity contribution in [1.29, 1.82) is 0 Å². The van der Waals surface area contributed by atoms with Crippen molar-refractivity contribution in [2.75, 3.05) is 6.54 Å². The maximum atomic E-state index is 12.7. The number of aromatic nitrogens is 1. The van der Waals surface area contributed by atoms with Crippen molar-refractivity contribution in [2.24, 2.45) is 0 Å². The lowest BCUT2D eigenvalue weighted by atomic mass is 10.1. The molecule has 0 aliphatic carbocycles. The van der Waals surface area contributed by atoms with Gasteiger partial charge < -0.3 is 4.52 Å². The van der Waals surface area contributed by atoms with Crippen molar-refractivity contribution in [2.45, 2.75) is 31.6 Å². The van der Waals surface area contributed by atoms with E-state index in [-0.39, 0.29) is 4.90 Å². The number of hydrogen-bond donors (Lipinski definition) is 1. The average molecular weight is 370 g/mol. The van der Waals surface area contributed by atoms with Crippen molar-refractivity contribution < 1.29 is 12.9 Å². The summed E-state index contributed by atoms with van der Waals surface area (Å²) in [6, 6.07) is 17.1. The van der Waals surface area contributed by atoms with Gasteiger partial charge in [-0.1, -0.05) is 47.6 Å². The summed E-state index contributed by atoms with van der Waals surface area (Å²) >= 11 is 0. The SMILES string of the molecule is Cc1cc(-c2ccc(C)c(S(=O)(=O)NCCCc3ccccc3)c2)on1. The van der Waals surface area contributed by atoms with Crippen molar-refractivity contribution in [3.8, 4) is 11.3 Å². The van der Waals surface area contributed by atoms with E-state index < -0.39 is 10.0 Å². The van der Waals surface area contributed by atoms with Gasteiger partial charge in [-0.15, -0.1) is 0 Å². The molecule has 0 radical (unpaired) electrons. The summed E-state index contributed by atoms with van der Waals surface area (Å²) in [4.78, 5) is 0.267. The number of benzene rings is 2. The zero-order valence-electron chi connectivity index (χ0n) is 14.9. The first kappa shape index (κ1) is 18.4. The molecule has 0 aliphatic rings. The number of rotatable bonds is 7. The van der Waals surface area contributed by atoms with Crippen LogP contribution in [0.1, 0.15) is 23.2 Å². The van der Waals surface area contributed by atoms with Crippen LogP contribution in [0.3, 0.4) is 0 Å². The maximum absolute atomic E-state index is 12.7. The lowest BCUT2D eigenvalue weighted by molar-refractivity contribution is 0.427. The van der Waals surface area contributed by atoms with E-state index in [4.69, 9.17) is 4.52 Å². The zero-order valence-corrected chi connectivity index (χ0v) is 15.7. The van der Waals surface area contributed by atoms with Crippen LogP contribution in [-0.2, 0) is 16.4 Å². The van der Waals surface area contributed by atoms with Crippen LogP contribution in [-0.4, -0.2) is 20.1 Å². The molecule has 1 aromatic heterocycles. The molecule has 3 rings (SSSR count). The van der Waals surface area contributed by atoms with Gasteiger partial charge >= 0.3 is 0 Å². The first-order valence-electron chi connectivity index (χ1n) is 8.54. The fourth-order valence-corrected chi connectivity index (χ4v) is 4.11. The third kappa shape index (κ3) is 4.39. The monoisotopic (exact) mass is 370 g/mol. The summed E-state index contributed by atoms with van der Waals surface area (Å²) < 4.78 is 33.3. The van der Waals surface area contributed by atoms with E-state index in [0.29, 0.717) is 23.4 Å². The summed E-state index contributed by atoms with van der Waals surface area (Å²) in [6.45, 7) is 4.00. The van der Waals surface area contributed by atoms with E-state index in [0.717, 1.165) is 18.5 Å². The second-order valence-electron chi connectivity index (χ2n) is 6.30. The van der Waals surface area contributed by atoms with Crippen LogP contribution in [0.5, 0.6) is 0 Å². The predicted molar refractivity (Wildman–Crippen MR) is 101 cm³/mol. The topological polar surface area (TPSA) is 72.2 Å². The lowest BCUT2D eigenvalue weighted by Crippen LogP contribution is -2.25. The number of sulfonamides is 1. The van der Waals surface area contributed by atoms with Crippen LogP contribution in [0.2, 0.25) is 0 Å². The molecule has 6 heteroatoms. The van der Waals surface area contributed by atoms with Gasteiger partial charge in [0.05, 0.1) is 10.6 Å². The van der Waals surface area contributed by atoms with Gasteiger partial charge in [0.2, 0.25) is 10.0 Å². The Balaban J connectivity index is 1.70. The predicted octanol–water partition coefficient (Wildman–Crippen LogP) is 3.87. The van der Waals surface area contributed by atoms with Crippen LogP contribution >= 0.6 is 0 Å². The van der Waals surface area contributed by atoms with Gasteiger partial charge in [0, 0.05) is 18.2 Å². The number of hydrogen-bond acceptors (Lipinski definition) is 4. The molecule has 0 saturated carbocycles. The zero-order chi connectivity index (χ0) is 18.6. The Morgan fingerprint density at radius 2 is 1.81 bits per heavy atom. The molecule has 26 heavy (non-hydrogen) atoms. The van der Waals surface area contributed by atoms with Gasteiger partial charge in [0.1, 0.15) is 0 Å².